The summed E-state index contributed by atoms with van der Waals surface area (Å²) >= 11 is 0. The molecule has 2 aliphatic carbocycles. The molecule has 0 unspecified atom stereocenters. The summed E-state index contributed by atoms with van der Waals surface area (Å²) in [5.41, 5.74) is 0.684. The monoisotopic (exact) mass is 346 g/mol. The van der Waals surface area contributed by atoms with E-state index in [-0.39, 0.29) is 17.5 Å². The van der Waals surface area contributed by atoms with Gasteiger partial charge in [-0.3, -0.25) is 14.4 Å². The number of carbonyl (C=O) groups is 2. The summed E-state index contributed by atoms with van der Waals surface area (Å²) in [5.74, 6) is 0.0860. The second kappa shape index (κ2) is 7.95. The highest BCUT2D eigenvalue weighted by Gasteiger charge is 2.23. The maximum Gasteiger partial charge on any atom is 0.261 e. The molecule has 1 aromatic heterocycles. The van der Waals surface area contributed by atoms with E-state index in [1.165, 1.54) is 25.3 Å². The Labute approximate surface area is 147 Å². The van der Waals surface area contributed by atoms with Crippen LogP contribution in [-0.2, 0) is 11.2 Å². The number of hydrogen-bond acceptors (Lipinski definition) is 4. The van der Waals surface area contributed by atoms with Gasteiger partial charge < -0.3 is 15.0 Å². The van der Waals surface area contributed by atoms with Crippen molar-refractivity contribution in [2.45, 2.75) is 58.0 Å². The summed E-state index contributed by atoms with van der Waals surface area (Å²) in [6.07, 6.45) is 6.86. The number of rotatable bonds is 5. The molecule has 1 heterocycles. The maximum atomic E-state index is 12.3. The van der Waals surface area contributed by atoms with Gasteiger partial charge in [-0.2, -0.15) is 0 Å². The van der Waals surface area contributed by atoms with Gasteiger partial charge in [0.1, 0.15) is 5.56 Å². The molecule has 1 aromatic rings. The minimum atomic E-state index is -0.456. The highest BCUT2D eigenvalue weighted by Crippen LogP contribution is 2.26. The largest absolute Gasteiger partial charge is 0.376 e. The first-order valence-electron chi connectivity index (χ1n) is 9.25. The van der Waals surface area contributed by atoms with Crippen LogP contribution in [-0.4, -0.2) is 35.9 Å². The smallest absolute Gasteiger partial charge is 0.261 e. The van der Waals surface area contributed by atoms with Crippen molar-refractivity contribution in [1.82, 2.24) is 10.3 Å². The Hall–Kier alpha value is -1.95. The van der Waals surface area contributed by atoms with Crippen LogP contribution in [0.1, 0.15) is 71.9 Å². The summed E-state index contributed by atoms with van der Waals surface area (Å²) < 4.78 is 5.86. The van der Waals surface area contributed by atoms with Crippen LogP contribution in [0.3, 0.4) is 0 Å². The van der Waals surface area contributed by atoms with Crippen LogP contribution in [0.4, 0.5) is 0 Å². The van der Waals surface area contributed by atoms with Crippen LogP contribution in [0.5, 0.6) is 0 Å². The molecule has 0 saturated heterocycles. The number of Topliss-reactive ketones (excluding diaryl/α,β-unsaturated/α-hetero) is 1. The molecule has 0 aliphatic heterocycles. The van der Waals surface area contributed by atoms with Crippen LogP contribution in [0.2, 0.25) is 0 Å². The zero-order chi connectivity index (χ0) is 17.8. The second-order valence-electron chi connectivity index (χ2n) is 7.11. The first-order valence-corrected chi connectivity index (χ1v) is 9.25. The molecule has 0 bridgehead atoms. The third-order valence-corrected chi connectivity index (χ3v) is 5.25. The van der Waals surface area contributed by atoms with Crippen molar-refractivity contribution >= 4 is 11.7 Å². The minimum absolute atomic E-state index is 0.0000319. The molecule has 6 nitrogen and oxygen atoms in total. The molecule has 2 atom stereocenters. The Morgan fingerprint density at radius 1 is 1.24 bits per heavy atom. The van der Waals surface area contributed by atoms with Gasteiger partial charge in [-0.25, -0.2) is 0 Å². The Morgan fingerprint density at radius 2 is 2.04 bits per heavy atom. The normalized spacial score (nSPS) is 23.2. The number of fused-ring (bicyclic) bond motifs is 1. The first kappa shape index (κ1) is 17.9. The zero-order valence-corrected chi connectivity index (χ0v) is 14.7. The summed E-state index contributed by atoms with van der Waals surface area (Å²) in [7, 11) is 0. The molecule has 1 saturated carbocycles. The van der Waals surface area contributed by atoms with Crippen LogP contribution in [0.15, 0.2) is 10.9 Å². The van der Waals surface area contributed by atoms with Crippen molar-refractivity contribution in [3.63, 3.8) is 0 Å². The molecule has 25 heavy (non-hydrogen) atoms. The van der Waals surface area contributed by atoms with Gasteiger partial charge in [0, 0.05) is 24.2 Å². The standard InChI is InChI=1S/C19H26N2O4/c1-12-5-2-3-8-17(12)25-10-9-20-18(23)14-11-13-15(21-19(14)24)6-4-7-16(13)22/h11-12,17H,2-10H2,1H3,(H,20,23)(H,21,24)/t12-,17-/m1/s1. The quantitative estimate of drug-likeness (QED) is 0.800. The number of aromatic amines is 1. The fourth-order valence-electron chi connectivity index (χ4n) is 3.74. The molecular weight excluding hydrogens is 320 g/mol. The van der Waals surface area contributed by atoms with Gasteiger partial charge in [0.15, 0.2) is 5.78 Å². The van der Waals surface area contributed by atoms with E-state index in [9.17, 15) is 14.4 Å². The van der Waals surface area contributed by atoms with Crippen molar-refractivity contribution < 1.29 is 14.3 Å². The van der Waals surface area contributed by atoms with E-state index in [0.717, 1.165) is 12.8 Å². The summed E-state index contributed by atoms with van der Waals surface area (Å²) in [5, 5.41) is 2.72. The molecule has 0 aromatic carbocycles. The Morgan fingerprint density at radius 3 is 2.84 bits per heavy atom. The Balaban J connectivity index is 1.55. The summed E-state index contributed by atoms with van der Waals surface area (Å²) in [4.78, 5) is 39.0. The predicted octanol–water partition coefficient (Wildman–Crippen LogP) is 2.22. The van der Waals surface area contributed by atoms with E-state index < -0.39 is 11.5 Å². The average Bonchev–Trinajstić information content (AvgIpc) is 2.59. The van der Waals surface area contributed by atoms with Crippen molar-refractivity contribution in [1.29, 1.82) is 0 Å². The molecule has 0 radical (unpaired) electrons. The lowest BCUT2D eigenvalue weighted by Gasteiger charge is -2.28. The maximum absolute atomic E-state index is 12.3. The number of pyridine rings is 1. The van der Waals surface area contributed by atoms with Crippen LogP contribution < -0.4 is 10.9 Å². The van der Waals surface area contributed by atoms with Crippen molar-refractivity contribution in [3.8, 4) is 0 Å². The van der Waals surface area contributed by atoms with E-state index in [1.807, 2.05) is 0 Å². The van der Waals surface area contributed by atoms with Crippen LogP contribution >= 0.6 is 0 Å². The highest BCUT2D eigenvalue weighted by atomic mass is 16.5. The molecule has 3 rings (SSSR count). The third-order valence-electron chi connectivity index (χ3n) is 5.25. The number of aryl methyl sites for hydroxylation is 1. The fourth-order valence-corrected chi connectivity index (χ4v) is 3.74. The van der Waals surface area contributed by atoms with E-state index in [4.69, 9.17) is 4.74 Å². The van der Waals surface area contributed by atoms with E-state index >= 15 is 0 Å². The molecule has 2 N–H and O–H groups in total. The lowest BCUT2D eigenvalue weighted by Crippen LogP contribution is -2.35. The number of ketones is 1. The molecule has 1 amide bonds. The second-order valence-corrected chi connectivity index (χ2v) is 7.11. The number of hydrogen-bond donors (Lipinski definition) is 2. The van der Waals surface area contributed by atoms with E-state index in [2.05, 4.69) is 17.2 Å². The lowest BCUT2D eigenvalue weighted by molar-refractivity contribution is -0.00294. The van der Waals surface area contributed by atoms with Crippen LogP contribution in [0, 0.1) is 5.92 Å². The topological polar surface area (TPSA) is 88.3 Å². The molecule has 6 heteroatoms. The van der Waals surface area contributed by atoms with Gasteiger partial charge in [-0.1, -0.05) is 19.8 Å². The van der Waals surface area contributed by atoms with E-state index in [0.29, 0.717) is 43.2 Å². The lowest BCUT2D eigenvalue weighted by atomic mass is 9.88. The number of aromatic nitrogens is 1. The minimum Gasteiger partial charge on any atom is -0.376 e. The fraction of sp³-hybridized carbons (Fsp3) is 0.632. The van der Waals surface area contributed by atoms with Crippen molar-refractivity contribution in [3.05, 3.63) is 33.2 Å². The molecule has 2 aliphatic rings. The molecular formula is C19H26N2O4. The summed E-state index contributed by atoms with van der Waals surface area (Å²) in [6, 6.07) is 1.44. The number of nitrogens with one attached hydrogen (secondary N) is 2. The first-order chi connectivity index (χ1) is 12.1. The van der Waals surface area contributed by atoms with E-state index in [1.54, 1.807) is 0 Å². The van der Waals surface area contributed by atoms with Gasteiger partial charge in [0.2, 0.25) is 0 Å². The van der Waals surface area contributed by atoms with Gasteiger partial charge in [0.25, 0.3) is 11.5 Å². The zero-order valence-electron chi connectivity index (χ0n) is 14.7. The Bertz CT molecular complexity index is 710. The number of H-pyrrole nitrogens is 1. The Kier molecular flexibility index (Phi) is 5.68. The molecule has 136 valence electrons. The van der Waals surface area contributed by atoms with Gasteiger partial charge >= 0.3 is 0 Å². The van der Waals surface area contributed by atoms with Crippen molar-refractivity contribution in [2.75, 3.05) is 13.2 Å². The molecule has 0 spiro atoms. The van der Waals surface area contributed by atoms with Gasteiger partial charge in [-0.05, 0) is 37.7 Å². The SMILES string of the molecule is C[C@@H]1CCCC[C@H]1OCCNC(=O)c1cc2c([nH]c1=O)CCCC2=O. The van der Waals surface area contributed by atoms with Gasteiger partial charge in [-0.15, -0.1) is 0 Å². The number of amides is 1. The average molecular weight is 346 g/mol. The number of ether oxygens (including phenoxy) is 1. The predicted molar refractivity (Wildman–Crippen MR) is 94.0 cm³/mol. The third kappa shape index (κ3) is 4.18. The van der Waals surface area contributed by atoms with Crippen LogP contribution in [0.25, 0.3) is 0 Å². The van der Waals surface area contributed by atoms with Gasteiger partial charge in [0.05, 0.1) is 12.7 Å². The summed E-state index contributed by atoms with van der Waals surface area (Å²) in [6.45, 7) is 2.99. The molecule has 1 fully saturated rings. The number of carbonyl (C=O) groups excluding carboxylic acids is 2. The van der Waals surface area contributed by atoms with Crippen molar-refractivity contribution in [2.24, 2.45) is 5.92 Å². The highest BCUT2D eigenvalue weighted by molar-refractivity contribution is 6.01.